The van der Waals surface area contributed by atoms with Gasteiger partial charge in [0.15, 0.2) is 0 Å². The summed E-state index contributed by atoms with van der Waals surface area (Å²) < 4.78 is 0. The molecule has 34 heavy (non-hydrogen) atoms. The molecule has 0 aliphatic heterocycles. The Morgan fingerprint density at radius 2 is 1.65 bits per heavy atom. The standard InChI is InChI=1S/C27H48N4O3/c1-5-6-14-24(30-26(33)17-16-25(32)29-19-18-28)27(34)31-23(15-10-11-20(2)3)21(4)22-12-8-7-9-13-22/h20-24H,7-19,28H2,1-4H3,(H,29,32)(H,30,33)(H,31,34)/t21-,23+,24-/m0/s1. The molecule has 1 aliphatic rings. The van der Waals surface area contributed by atoms with E-state index >= 15 is 0 Å². The lowest BCUT2D eigenvalue weighted by Gasteiger charge is -2.35. The number of rotatable bonds is 15. The molecule has 0 spiro atoms. The van der Waals surface area contributed by atoms with Crippen LogP contribution in [0.1, 0.15) is 98.3 Å². The van der Waals surface area contributed by atoms with Crippen LogP contribution in [0.4, 0.5) is 0 Å². The minimum absolute atomic E-state index is 0.0238. The zero-order chi connectivity index (χ0) is 25.3. The lowest BCUT2D eigenvalue weighted by atomic mass is 9.76. The van der Waals surface area contributed by atoms with Crippen molar-refractivity contribution in [1.82, 2.24) is 16.0 Å². The van der Waals surface area contributed by atoms with Crippen LogP contribution in [0.5, 0.6) is 0 Å². The Hall–Kier alpha value is -2.07. The predicted octanol–water partition coefficient (Wildman–Crippen LogP) is 3.27. The Morgan fingerprint density at radius 1 is 0.971 bits per heavy atom. The van der Waals surface area contributed by atoms with Crippen molar-refractivity contribution < 1.29 is 14.4 Å². The number of amides is 3. The SMILES string of the molecule is CC#CC[C@H](NC(=O)CCC(=O)NCCN)C(=O)N[C@H](CCCC(C)C)[C@@H](C)C1CCCCC1. The summed E-state index contributed by atoms with van der Waals surface area (Å²) in [5.74, 6) is 6.69. The quantitative estimate of drug-likeness (QED) is 0.272. The minimum Gasteiger partial charge on any atom is -0.355 e. The predicted molar refractivity (Wildman–Crippen MR) is 138 cm³/mol. The van der Waals surface area contributed by atoms with Crippen LogP contribution in [0.15, 0.2) is 0 Å². The minimum atomic E-state index is -0.724. The van der Waals surface area contributed by atoms with Crippen molar-refractivity contribution in [2.45, 2.75) is 110 Å². The van der Waals surface area contributed by atoms with Gasteiger partial charge in [-0.2, -0.15) is 0 Å². The van der Waals surface area contributed by atoms with Gasteiger partial charge in [-0.1, -0.05) is 65.7 Å². The topological polar surface area (TPSA) is 113 Å². The van der Waals surface area contributed by atoms with Crippen LogP contribution in [-0.4, -0.2) is 42.9 Å². The first-order valence-corrected chi connectivity index (χ1v) is 13.2. The van der Waals surface area contributed by atoms with Gasteiger partial charge in [-0.15, -0.1) is 11.8 Å². The first-order chi connectivity index (χ1) is 16.3. The van der Waals surface area contributed by atoms with E-state index in [0.717, 1.165) is 19.3 Å². The maximum atomic E-state index is 13.3. The zero-order valence-electron chi connectivity index (χ0n) is 21.9. The van der Waals surface area contributed by atoms with Gasteiger partial charge in [-0.3, -0.25) is 14.4 Å². The van der Waals surface area contributed by atoms with E-state index in [0.29, 0.717) is 30.8 Å². The van der Waals surface area contributed by atoms with Gasteiger partial charge in [0.25, 0.3) is 0 Å². The van der Waals surface area contributed by atoms with Crippen LogP contribution in [0.25, 0.3) is 0 Å². The molecule has 194 valence electrons. The maximum Gasteiger partial charge on any atom is 0.243 e. The Kier molecular flexibility index (Phi) is 15.3. The summed E-state index contributed by atoms with van der Waals surface area (Å²) in [4.78, 5) is 37.5. The average Bonchev–Trinajstić information content (AvgIpc) is 2.83. The molecule has 0 unspecified atom stereocenters. The summed E-state index contributed by atoms with van der Waals surface area (Å²) in [5.41, 5.74) is 5.38. The summed E-state index contributed by atoms with van der Waals surface area (Å²) in [6.07, 6.45) is 9.80. The first-order valence-electron chi connectivity index (χ1n) is 13.2. The lowest BCUT2D eigenvalue weighted by molar-refractivity contribution is -0.130. The Morgan fingerprint density at radius 3 is 2.26 bits per heavy atom. The summed E-state index contributed by atoms with van der Waals surface area (Å²) >= 11 is 0. The number of nitrogens with one attached hydrogen (secondary N) is 3. The maximum absolute atomic E-state index is 13.3. The highest BCUT2D eigenvalue weighted by molar-refractivity contribution is 5.89. The molecule has 0 saturated heterocycles. The van der Waals surface area contributed by atoms with Gasteiger partial charge in [0, 0.05) is 38.4 Å². The largest absolute Gasteiger partial charge is 0.355 e. The number of carbonyl (C=O) groups excluding carboxylic acids is 3. The normalized spacial score (nSPS) is 16.6. The Bertz CT molecular complexity index is 677. The molecule has 7 heteroatoms. The van der Waals surface area contributed by atoms with E-state index in [-0.39, 0.29) is 43.0 Å². The van der Waals surface area contributed by atoms with E-state index in [1.807, 2.05) is 0 Å². The summed E-state index contributed by atoms with van der Waals surface area (Å²) in [6, 6.07) is -0.636. The van der Waals surface area contributed by atoms with Gasteiger partial charge in [0.1, 0.15) is 6.04 Å². The van der Waals surface area contributed by atoms with Crippen LogP contribution >= 0.6 is 0 Å². The fourth-order valence-corrected chi connectivity index (χ4v) is 4.69. The van der Waals surface area contributed by atoms with Crippen molar-refractivity contribution in [3.63, 3.8) is 0 Å². The van der Waals surface area contributed by atoms with Crippen LogP contribution in [0.2, 0.25) is 0 Å². The second-order valence-corrected chi connectivity index (χ2v) is 10.1. The molecule has 0 aromatic rings. The highest BCUT2D eigenvalue weighted by Gasteiger charge is 2.30. The zero-order valence-corrected chi connectivity index (χ0v) is 21.9. The molecule has 5 N–H and O–H groups in total. The Balaban J connectivity index is 2.78. The number of hydrogen-bond acceptors (Lipinski definition) is 4. The molecule has 0 heterocycles. The second kappa shape index (κ2) is 17.4. The molecule has 1 aliphatic carbocycles. The van der Waals surface area contributed by atoms with Crippen LogP contribution in [-0.2, 0) is 14.4 Å². The molecular weight excluding hydrogens is 428 g/mol. The van der Waals surface area contributed by atoms with Crippen LogP contribution in [0, 0.1) is 29.6 Å². The highest BCUT2D eigenvalue weighted by Crippen LogP contribution is 2.33. The molecule has 3 amide bonds. The lowest BCUT2D eigenvalue weighted by Crippen LogP contribution is -2.52. The Labute approximate surface area is 207 Å². The van der Waals surface area contributed by atoms with Gasteiger partial charge >= 0.3 is 0 Å². The van der Waals surface area contributed by atoms with E-state index < -0.39 is 6.04 Å². The van der Waals surface area contributed by atoms with Crippen molar-refractivity contribution in [3.8, 4) is 11.8 Å². The van der Waals surface area contributed by atoms with Gasteiger partial charge < -0.3 is 21.7 Å². The van der Waals surface area contributed by atoms with E-state index in [9.17, 15) is 14.4 Å². The highest BCUT2D eigenvalue weighted by atomic mass is 16.2. The second-order valence-electron chi connectivity index (χ2n) is 10.1. The van der Waals surface area contributed by atoms with Crippen molar-refractivity contribution in [2.75, 3.05) is 13.1 Å². The molecule has 0 aromatic heterocycles. The van der Waals surface area contributed by atoms with Gasteiger partial charge in [-0.25, -0.2) is 0 Å². The monoisotopic (exact) mass is 476 g/mol. The molecule has 0 bridgehead atoms. The van der Waals surface area contributed by atoms with Gasteiger partial charge in [0.05, 0.1) is 0 Å². The molecule has 1 fully saturated rings. The van der Waals surface area contributed by atoms with Crippen molar-refractivity contribution >= 4 is 17.7 Å². The third-order valence-electron chi connectivity index (χ3n) is 6.83. The molecule has 3 atom stereocenters. The summed E-state index contributed by atoms with van der Waals surface area (Å²) in [7, 11) is 0. The van der Waals surface area contributed by atoms with E-state index in [1.54, 1.807) is 6.92 Å². The molecule has 1 saturated carbocycles. The molecule has 7 nitrogen and oxygen atoms in total. The third kappa shape index (κ3) is 12.4. The fraction of sp³-hybridized carbons (Fsp3) is 0.815. The van der Waals surface area contributed by atoms with Crippen molar-refractivity contribution in [1.29, 1.82) is 0 Å². The number of carbonyl (C=O) groups is 3. The van der Waals surface area contributed by atoms with Gasteiger partial charge in [0.2, 0.25) is 17.7 Å². The van der Waals surface area contributed by atoms with Crippen LogP contribution in [0.3, 0.4) is 0 Å². The van der Waals surface area contributed by atoms with Crippen LogP contribution < -0.4 is 21.7 Å². The molecule has 0 aromatic carbocycles. The first kappa shape index (κ1) is 30.0. The van der Waals surface area contributed by atoms with E-state index in [2.05, 4.69) is 48.6 Å². The number of hydrogen-bond donors (Lipinski definition) is 4. The number of nitrogens with two attached hydrogens (primary N) is 1. The third-order valence-corrected chi connectivity index (χ3v) is 6.83. The fourth-order valence-electron chi connectivity index (χ4n) is 4.69. The van der Waals surface area contributed by atoms with E-state index in [1.165, 1.54) is 32.1 Å². The molecule has 0 radical (unpaired) electrons. The van der Waals surface area contributed by atoms with Crippen molar-refractivity contribution in [2.24, 2.45) is 23.5 Å². The van der Waals surface area contributed by atoms with Crippen molar-refractivity contribution in [3.05, 3.63) is 0 Å². The smallest absolute Gasteiger partial charge is 0.243 e. The van der Waals surface area contributed by atoms with Gasteiger partial charge in [-0.05, 0) is 31.1 Å². The summed E-state index contributed by atoms with van der Waals surface area (Å²) in [5, 5.41) is 8.73. The average molecular weight is 477 g/mol. The van der Waals surface area contributed by atoms with E-state index in [4.69, 9.17) is 5.73 Å². The molecular formula is C27H48N4O3. The molecule has 1 rings (SSSR count). The summed E-state index contributed by atoms with van der Waals surface area (Å²) in [6.45, 7) is 9.18.